The highest BCUT2D eigenvalue weighted by atomic mass is 32.1. The van der Waals surface area contributed by atoms with Crippen LogP contribution in [0.2, 0.25) is 0 Å². The number of likely N-dealkylation sites (N-methyl/N-ethyl adjacent to an activating group) is 1. The number of nitrogens with zero attached hydrogens (tertiary/aromatic N) is 2. The molecular formula is C12H16N4S. The molecule has 0 fully saturated rings. The van der Waals surface area contributed by atoms with Crippen LogP contribution in [0.15, 0.2) is 23.8 Å². The molecule has 2 aromatic rings. The third-order valence-electron chi connectivity index (χ3n) is 2.69. The molecule has 90 valence electrons. The monoisotopic (exact) mass is 248 g/mol. The minimum atomic E-state index is 0.158. The molecule has 0 bridgehead atoms. The molecule has 3 N–H and O–H groups in total. The topological polar surface area (TPSA) is 63.8 Å². The molecule has 0 spiro atoms. The van der Waals surface area contributed by atoms with Crippen LogP contribution < -0.4 is 11.1 Å². The number of aryl methyl sites for hydroxylation is 1. The van der Waals surface area contributed by atoms with Gasteiger partial charge in [-0.05, 0) is 20.0 Å². The summed E-state index contributed by atoms with van der Waals surface area (Å²) in [5.41, 5.74) is 8.85. The van der Waals surface area contributed by atoms with Crippen molar-refractivity contribution in [2.45, 2.75) is 19.4 Å². The maximum absolute atomic E-state index is 5.96. The number of aromatic nitrogens is 2. The number of rotatable bonds is 4. The van der Waals surface area contributed by atoms with Crippen molar-refractivity contribution in [3.63, 3.8) is 0 Å². The van der Waals surface area contributed by atoms with Gasteiger partial charge in [-0.2, -0.15) is 0 Å². The number of thiazole rings is 1. The molecular weight excluding hydrogens is 232 g/mol. The largest absolute Gasteiger partial charge is 0.398 e. The molecule has 0 amide bonds. The molecule has 4 nitrogen and oxygen atoms in total. The minimum Gasteiger partial charge on any atom is -0.398 e. The maximum atomic E-state index is 5.96. The van der Waals surface area contributed by atoms with Gasteiger partial charge in [-0.25, -0.2) is 4.98 Å². The average molecular weight is 248 g/mol. The lowest BCUT2D eigenvalue weighted by molar-refractivity contribution is 0.585. The summed E-state index contributed by atoms with van der Waals surface area (Å²) in [5.74, 6) is 0. The highest BCUT2D eigenvalue weighted by molar-refractivity contribution is 7.09. The van der Waals surface area contributed by atoms with Crippen LogP contribution in [0.5, 0.6) is 0 Å². The van der Waals surface area contributed by atoms with E-state index in [0.717, 1.165) is 28.4 Å². The summed E-state index contributed by atoms with van der Waals surface area (Å²) in [6.45, 7) is 2.01. The fourth-order valence-corrected chi connectivity index (χ4v) is 2.41. The smallest absolute Gasteiger partial charge is 0.0897 e. The van der Waals surface area contributed by atoms with E-state index in [-0.39, 0.29) is 6.04 Å². The van der Waals surface area contributed by atoms with Crippen molar-refractivity contribution in [3.8, 4) is 0 Å². The Morgan fingerprint density at radius 3 is 2.94 bits per heavy atom. The zero-order valence-corrected chi connectivity index (χ0v) is 10.8. The molecule has 1 atom stereocenters. The second-order valence-electron chi connectivity index (χ2n) is 3.91. The van der Waals surface area contributed by atoms with Crippen molar-refractivity contribution in [3.05, 3.63) is 40.1 Å². The Hall–Kier alpha value is -1.46. The van der Waals surface area contributed by atoms with Crippen molar-refractivity contribution in [2.75, 3.05) is 12.8 Å². The zero-order valence-electron chi connectivity index (χ0n) is 9.97. The van der Waals surface area contributed by atoms with Gasteiger partial charge in [0.1, 0.15) is 0 Å². The van der Waals surface area contributed by atoms with Crippen LogP contribution >= 0.6 is 11.3 Å². The second kappa shape index (κ2) is 5.25. The van der Waals surface area contributed by atoms with Crippen molar-refractivity contribution in [1.82, 2.24) is 15.3 Å². The number of hydrogen-bond acceptors (Lipinski definition) is 5. The molecule has 2 aromatic heterocycles. The number of pyridine rings is 1. The normalized spacial score (nSPS) is 12.6. The van der Waals surface area contributed by atoms with E-state index in [1.54, 1.807) is 17.5 Å². The Bertz CT molecular complexity index is 495. The van der Waals surface area contributed by atoms with E-state index in [1.165, 1.54) is 0 Å². The molecule has 2 rings (SSSR count). The van der Waals surface area contributed by atoms with Gasteiger partial charge in [0.2, 0.25) is 0 Å². The van der Waals surface area contributed by atoms with E-state index in [0.29, 0.717) is 0 Å². The van der Waals surface area contributed by atoms with Gasteiger partial charge < -0.3 is 11.1 Å². The van der Waals surface area contributed by atoms with Gasteiger partial charge in [0, 0.05) is 41.5 Å². The third kappa shape index (κ3) is 2.81. The molecule has 0 saturated heterocycles. The summed E-state index contributed by atoms with van der Waals surface area (Å²) in [6.07, 6.45) is 4.35. The molecule has 0 aliphatic carbocycles. The first-order valence-corrected chi connectivity index (χ1v) is 6.36. The molecule has 0 aromatic carbocycles. The fraction of sp³-hybridized carbons (Fsp3) is 0.333. The molecule has 2 heterocycles. The lowest BCUT2D eigenvalue weighted by atomic mass is 10.0. The second-order valence-corrected chi connectivity index (χ2v) is 4.97. The van der Waals surface area contributed by atoms with Crippen molar-refractivity contribution in [1.29, 1.82) is 0 Å². The summed E-state index contributed by atoms with van der Waals surface area (Å²) in [4.78, 5) is 8.59. The molecule has 0 radical (unpaired) electrons. The molecule has 0 aliphatic rings. The van der Waals surface area contributed by atoms with Gasteiger partial charge in [-0.15, -0.1) is 11.3 Å². The number of anilines is 1. The first-order valence-electron chi connectivity index (χ1n) is 5.48. The summed E-state index contributed by atoms with van der Waals surface area (Å²) >= 11 is 1.67. The van der Waals surface area contributed by atoms with E-state index >= 15 is 0 Å². The van der Waals surface area contributed by atoms with E-state index in [2.05, 4.69) is 20.7 Å². The van der Waals surface area contributed by atoms with Gasteiger partial charge in [0.15, 0.2) is 0 Å². The van der Waals surface area contributed by atoms with Crippen LogP contribution in [0.4, 0.5) is 5.69 Å². The summed E-state index contributed by atoms with van der Waals surface area (Å²) < 4.78 is 0. The third-order valence-corrected chi connectivity index (χ3v) is 3.51. The van der Waals surface area contributed by atoms with Gasteiger partial charge in [0.25, 0.3) is 0 Å². The number of nitrogens with two attached hydrogens (primary N) is 1. The average Bonchev–Trinajstić information content (AvgIpc) is 2.73. The van der Waals surface area contributed by atoms with Gasteiger partial charge in [-0.3, -0.25) is 4.98 Å². The van der Waals surface area contributed by atoms with Crippen LogP contribution in [0.3, 0.4) is 0 Å². The van der Waals surface area contributed by atoms with Crippen LogP contribution in [0.1, 0.15) is 22.3 Å². The van der Waals surface area contributed by atoms with E-state index in [4.69, 9.17) is 5.73 Å². The van der Waals surface area contributed by atoms with Crippen LogP contribution in [0.25, 0.3) is 0 Å². The van der Waals surface area contributed by atoms with Crippen molar-refractivity contribution >= 4 is 17.0 Å². The summed E-state index contributed by atoms with van der Waals surface area (Å²) in [5, 5.41) is 6.44. The molecule has 1 unspecified atom stereocenters. The van der Waals surface area contributed by atoms with Crippen LogP contribution in [-0.4, -0.2) is 17.0 Å². The lowest BCUT2D eigenvalue weighted by Crippen LogP contribution is -2.20. The molecule has 5 heteroatoms. The SMILES string of the molecule is CNC(Cc1csc(C)n1)c1cnccc1N. The van der Waals surface area contributed by atoms with Gasteiger partial charge >= 0.3 is 0 Å². The fourth-order valence-electron chi connectivity index (χ4n) is 1.79. The standard InChI is InChI=1S/C12H16N4S/c1-8-16-9(7-17-8)5-12(14-2)10-6-15-4-3-11(10)13/h3-4,6-7,12,14H,5H2,1-2H3,(H2,13,15). The van der Waals surface area contributed by atoms with E-state index in [1.807, 2.05) is 26.2 Å². The predicted molar refractivity (Wildman–Crippen MR) is 71.0 cm³/mol. The Balaban J connectivity index is 2.20. The molecule has 17 heavy (non-hydrogen) atoms. The molecule has 0 aliphatic heterocycles. The molecule has 0 saturated carbocycles. The summed E-state index contributed by atoms with van der Waals surface area (Å²) in [7, 11) is 1.93. The number of nitrogen functional groups attached to an aromatic ring is 1. The first kappa shape index (κ1) is 12.0. The van der Waals surface area contributed by atoms with Gasteiger partial charge in [0.05, 0.1) is 10.7 Å². The Labute approximate surface area is 105 Å². The highest BCUT2D eigenvalue weighted by Gasteiger charge is 2.14. The van der Waals surface area contributed by atoms with Crippen LogP contribution in [-0.2, 0) is 6.42 Å². The Kier molecular flexibility index (Phi) is 3.71. The van der Waals surface area contributed by atoms with Crippen molar-refractivity contribution < 1.29 is 0 Å². The lowest BCUT2D eigenvalue weighted by Gasteiger charge is -2.16. The zero-order chi connectivity index (χ0) is 12.3. The van der Waals surface area contributed by atoms with Crippen LogP contribution in [0, 0.1) is 6.92 Å². The maximum Gasteiger partial charge on any atom is 0.0897 e. The minimum absolute atomic E-state index is 0.158. The number of nitrogens with one attached hydrogen (secondary N) is 1. The Morgan fingerprint density at radius 1 is 1.53 bits per heavy atom. The van der Waals surface area contributed by atoms with Crippen molar-refractivity contribution in [2.24, 2.45) is 0 Å². The predicted octanol–water partition coefficient (Wildman–Crippen LogP) is 1.93. The van der Waals surface area contributed by atoms with Gasteiger partial charge in [-0.1, -0.05) is 0 Å². The highest BCUT2D eigenvalue weighted by Crippen LogP contribution is 2.23. The van der Waals surface area contributed by atoms with E-state index < -0.39 is 0 Å². The quantitative estimate of drug-likeness (QED) is 0.868. The first-order chi connectivity index (χ1) is 8.20. The van der Waals surface area contributed by atoms with E-state index in [9.17, 15) is 0 Å². The number of hydrogen-bond donors (Lipinski definition) is 2. The Morgan fingerprint density at radius 2 is 2.35 bits per heavy atom. The summed E-state index contributed by atoms with van der Waals surface area (Å²) in [6, 6.07) is 1.98.